The van der Waals surface area contributed by atoms with Crippen LogP contribution in [0.1, 0.15) is 20.8 Å². The molecule has 0 aromatic rings. The number of aliphatic hydroxyl groups excluding tert-OH is 3. The van der Waals surface area contributed by atoms with E-state index in [1.165, 1.54) is 20.8 Å². The first-order valence-electron chi connectivity index (χ1n) is 4.65. The zero-order chi connectivity index (χ0) is 13.1. The summed E-state index contributed by atoms with van der Waals surface area (Å²) in [5, 5.41) is 28.5. The Morgan fingerprint density at radius 1 is 1.00 bits per heavy atom. The van der Waals surface area contributed by atoms with Crippen molar-refractivity contribution in [3.8, 4) is 0 Å². The summed E-state index contributed by atoms with van der Waals surface area (Å²) in [4.78, 5) is 0. The van der Waals surface area contributed by atoms with Crippen LogP contribution in [0.3, 0.4) is 0 Å². The van der Waals surface area contributed by atoms with Gasteiger partial charge in [0.1, 0.15) is 0 Å². The lowest BCUT2D eigenvalue weighted by molar-refractivity contribution is -0.170. The van der Waals surface area contributed by atoms with E-state index in [1.54, 1.807) is 0 Å². The third-order valence-electron chi connectivity index (χ3n) is 2.41. The fraction of sp³-hybridized carbons (Fsp3) is 1.00. The van der Waals surface area contributed by atoms with Crippen LogP contribution < -0.4 is 6.15 Å². The van der Waals surface area contributed by atoms with Crippen LogP contribution in [-0.4, -0.2) is 54.8 Å². The maximum absolute atomic E-state index is 11.2. The molecule has 0 aliphatic carbocycles. The minimum Gasteiger partial charge on any atom is -0.390 e. The maximum Gasteiger partial charge on any atom is 0.400 e. The topological polar surface area (TPSA) is 148 Å². The molecular formula is C8H21NO7S. The first-order chi connectivity index (χ1) is 7.10. The minimum absolute atomic E-state index is 0. The van der Waals surface area contributed by atoms with Gasteiger partial charge in [0.15, 0.2) is 5.60 Å². The lowest BCUT2D eigenvalue weighted by atomic mass is 9.87. The highest BCUT2D eigenvalue weighted by molar-refractivity contribution is 7.81. The van der Waals surface area contributed by atoms with E-state index in [0.717, 1.165) is 7.11 Å². The first kappa shape index (κ1) is 19.1. The van der Waals surface area contributed by atoms with E-state index in [-0.39, 0.29) is 6.15 Å². The summed E-state index contributed by atoms with van der Waals surface area (Å²) in [5.74, 6) is 0. The highest BCUT2D eigenvalue weighted by Crippen LogP contribution is 2.28. The minimum atomic E-state index is -4.39. The third kappa shape index (κ3) is 4.14. The average molecular weight is 275 g/mol. The zero-order valence-corrected chi connectivity index (χ0v) is 11.1. The third-order valence-corrected chi connectivity index (χ3v) is 3.31. The van der Waals surface area contributed by atoms with Crippen LogP contribution in [0.15, 0.2) is 0 Å². The molecule has 3 atom stereocenters. The molecule has 0 rings (SSSR count). The highest BCUT2D eigenvalue weighted by Gasteiger charge is 2.50. The molecule has 0 spiro atoms. The molecule has 0 aromatic heterocycles. The lowest BCUT2D eigenvalue weighted by Crippen LogP contribution is -2.60. The fourth-order valence-electron chi connectivity index (χ4n) is 1.47. The van der Waals surface area contributed by atoms with E-state index in [0.29, 0.717) is 0 Å². The predicted molar refractivity (Wildman–Crippen MR) is 59.8 cm³/mol. The van der Waals surface area contributed by atoms with Crippen molar-refractivity contribution in [3.05, 3.63) is 0 Å². The van der Waals surface area contributed by atoms with Crippen molar-refractivity contribution in [1.29, 1.82) is 0 Å². The van der Waals surface area contributed by atoms with Gasteiger partial charge in [-0.3, -0.25) is 4.18 Å². The van der Waals surface area contributed by atoms with Crippen molar-refractivity contribution >= 4 is 10.4 Å². The molecule has 0 heterocycles. The van der Waals surface area contributed by atoms with E-state index in [1.807, 2.05) is 0 Å². The van der Waals surface area contributed by atoms with Crippen LogP contribution in [0, 0.1) is 0 Å². The normalized spacial score (nSPS) is 20.9. The van der Waals surface area contributed by atoms with E-state index in [2.05, 4.69) is 8.37 Å². The molecule has 0 aromatic carbocycles. The van der Waals surface area contributed by atoms with Crippen LogP contribution in [0.5, 0.6) is 0 Å². The van der Waals surface area contributed by atoms with E-state index in [9.17, 15) is 23.7 Å². The first-order valence-corrected chi connectivity index (χ1v) is 5.99. The summed E-state index contributed by atoms with van der Waals surface area (Å²) >= 11 is 0. The number of hydrogen-bond donors (Lipinski definition) is 4. The Balaban J connectivity index is 0. The van der Waals surface area contributed by atoms with E-state index in [4.69, 9.17) is 0 Å². The monoisotopic (exact) mass is 275 g/mol. The van der Waals surface area contributed by atoms with Gasteiger partial charge in [0.25, 0.3) is 0 Å². The summed E-state index contributed by atoms with van der Waals surface area (Å²) in [5.41, 5.74) is -2.06. The number of hydrogen-bond acceptors (Lipinski definition) is 8. The molecule has 0 saturated heterocycles. The van der Waals surface area contributed by atoms with Gasteiger partial charge >= 0.3 is 10.4 Å². The number of aliphatic hydroxyl groups is 3. The summed E-state index contributed by atoms with van der Waals surface area (Å²) in [6.45, 7) is 3.60. The van der Waals surface area contributed by atoms with Crippen molar-refractivity contribution in [3.63, 3.8) is 0 Å². The van der Waals surface area contributed by atoms with Crippen LogP contribution >= 0.6 is 0 Å². The Bertz CT molecular complexity index is 290. The second kappa shape index (κ2) is 6.59. The quantitative estimate of drug-likeness (QED) is 0.479. The van der Waals surface area contributed by atoms with Crippen molar-refractivity contribution in [2.24, 2.45) is 0 Å². The summed E-state index contributed by atoms with van der Waals surface area (Å²) in [6, 6.07) is 0. The van der Waals surface area contributed by atoms with E-state index < -0.39 is 34.3 Å². The molecule has 6 N–H and O–H groups in total. The molecule has 0 fully saturated rings. The van der Waals surface area contributed by atoms with Gasteiger partial charge in [-0.05, 0) is 20.8 Å². The van der Waals surface area contributed by atoms with Gasteiger partial charge in [-0.2, -0.15) is 8.42 Å². The molecule has 17 heavy (non-hydrogen) atoms. The van der Waals surface area contributed by atoms with Gasteiger partial charge < -0.3 is 21.5 Å². The van der Waals surface area contributed by atoms with Crippen molar-refractivity contribution in [2.75, 3.05) is 7.11 Å². The summed E-state index contributed by atoms with van der Waals surface area (Å²) < 4.78 is 30.9. The molecular weight excluding hydrogens is 254 g/mol. The zero-order valence-electron chi connectivity index (χ0n) is 10.3. The van der Waals surface area contributed by atoms with Crippen LogP contribution in [0.4, 0.5) is 0 Å². The van der Waals surface area contributed by atoms with Crippen molar-refractivity contribution < 1.29 is 32.1 Å². The van der Waals surface area contributed by atoms with Gasteiger partial charge in [0, 0.05) is 0 Å². The molecule has 9 heteroatoms. The second-order valence-corrected chi connectivity index (χ2v) is 4.86. The molecule has 0 aliphatic heterocycles. The van der Waals surface area contributed by atoms with Gasteiger partial charge in [0.2, 0.25) is 0 Å². The number of rotatable bonds is 6. The van der Waals surface area contributed by atoms with E-state index >= 15 is 0 Å². The fourth-order valence-corrected chi connectivity index (χ4v) is 2.31. The van der Waals surface area contributed by atoms with Crippen LogP contribution in [0.25, 0.3) is 0 Å². The Morgan fingerprint density at radius 2 is 1.29 bits per heavy atom. The molecule has 3 unspecified atom stereocenters. The smallest absolute Gasteiger partial charge is 0.390 e. The maximum atomic E-state index is 11.2. The molecule has 106 valence electrons. The molecule has 0 amide bonds. The largest absolute Gasteiger partial charge is 0.400 e. The molecule has 0 radical (unpaired) electrons. The van der Waals surface area contributed by atoms with Crippen molar-refractivity contribution in [2.45, 2.75) is 44.7 Å². The van der Waals surface area contributed by atoms with Crippen molar-refractivity contribution in [1.82, 2.24) is 6.15 Å². The molecule has 8 nitrogen and oxygen atoms in total. The summed E-state index contributed by atoms with van der Waals surface area (Å²) in [6.07, 6.45) is -4.26. The van der Waals surface area contributed by atoms with Gasteiger partial charge in [-0.25, -0.2) is 4.18 Å². The lowest BCUT2D eigenvalue weighted by Gasteiger charge is -2.39. The summed E-state index contributed by atoms with van der Waals surface area (Å²) in [7, 11) is -3.52. The standard InChI is InChI=1S/C8H18O7S.H3N/c1-5(9)8(6(2)10,7(3)11)15-16(12,13)14-4;/h5-7,9-11H,1-4H3;1H3. The molecule has 0 saturated carbocycles. The Hall–Kier alpha value is -0.290. The molecule has 0 bridgehead atoms. The Kier molecular flexibility index (Phi) is 7.39. The molecule has 0 aliphatic rings. The highest BCUT2D eigenvalue weighted by atomic mass is 32.3. The van der Waals surface area contributed by atoms with Gasteiger partial charge in [-0.15, -0.1) is 0 Å². The predicted octanol–water partition coefficient (Wildman–Crippen LogP) is -1.06. The average Bonchev–Trinajstić information content (AvgIpc) is 2.12. The van der Waals surface area contributed by atoms with Gasteiger partial charge in [-0.1, -0.05) is 0 Å². The Labute approximate surface area is 101 Å². The van der Waals surface area contributed by atoms with Gasteiger partial charge in [0.05, 0.1) is 25.4 Å². The Morgan fingerprint density at radius 3 is 1.47 bits per heavy atom. The second-order valence-electron chi connectivity index (χ2n) is 3.54. The van der Waals surface area contributed by atoms with Crippen LogP contribution in [-0.2, 0) is 18.8 Å². The van der Waals surface area contributed by atoms with Crippen LogP contribution in [0.2, 0.25) is 0 Å². The SMILES string of the molecule is COS(=O)(=O)OC(C(C)O)(C(C)O)C(C)O.N.